The molecule has 3 nitrogen and oxygen atoms in total. The minimum atomic E-state index is -0.244. The van der Waals surface area contributed by atoms with Crippen molar-refractivity contribution in [2.45, 2.75) is 20.3 Å². The molecule has 0 radical (unpaired) electrons. The van der Waals surface area contributed by atoms with Crippen LogP contribution in [0.1, 0.15) is 25.0 Å². The van der Waals surface area contributed by atoms with Crippen LogP contribution in [0.15, 0.2) is 57.9 Å². The Morgan fingerprint density at radius 2 is 1.75 bits per heavy atom. The van der Waals surface area contributed by atoms with E-state index in [-0.39, 0.29) is 11.1 Å². The molecule has 3 rings (SSSR count). The molecule has 0 unspecified atom stereocenters. The van der Waals surface area contributed by atoms with Crippen LogP contribution in [0.25, 0.3) is 5.57 Å². The maximum atomic E-state index is 12.9. The molecule has 2 aromatic rings. The SMILES string of the molecule is CCc1ccccc1N1C(=O)S/C(=C(/C)c2ccc(Br)cc2)C1=O. The second-order valence-electron chi connectivity index (χ2n) is 5.45. The van der Waals surface area contributed by atoms with E-state index in [9.17, 15) is 9.59 Å². The number of rotatable bonds is 3. The molecule has 0 saturated carbocycles. The number of nitrogens with zero attached hydrogens (tertiary/aromatic N) is 1. The second kappa shape index (κ2) is 6.95. The molecular formula is C19H16BrNO2S. The van der Waals surface area contributed by atoms with Gasteiger partial charge in [0.05, 0.1) is 10.6 Å². The number of amides is 2. The molecule has 1 saturated heterocycles. The van der Waals surface area contributed by atoms with Crippen molar-refractivity contribution in [3.05, 3.63) is 69.0 Å². The van der Waals surface area contributed by atoms with Gasteiger partial charge in [0.25, 0.3) is 11.1 Å². The monoisotopic (exact) mass is 401 g/mol. The molecule has 1 aliphatic heterocycles. The molecule has 0 aromatic heterocycles. The number of imide groups is 1. The van der Waals surface area contributed by atoms with Crippen LogP contribution in [0.2, 0.25) is 0 Å². The average Bonchev–Trinajstić information content (AvgIpc) is 2.89. The topological polar surface area (TPSA) is 37.4 Å². The lowest BCUT2D eigenvalue weighted by molar-refractivity contribution is -0.113. The number of hydrogen-bond donors (Lipinski definition) is 0. The van der Waals surface area contributed by atoms with Crippen LogP contribution in [0.4, 0.5) is 10.5 Å². The third kappa shape index (κ3) is 3.06. The fraction of sp³-hybridized carbons (Fsp3) is 0.158. The Kier molecular flexibility index (Phi) is 4.92. The maximum Gasteiger partial charge on any atom is 0.298 e. The number of thioether (sulfide) groups is 1. The first-order chi connectivity index (χ1) is 11.5. The molecule has 1 fully saturated rings. The predicted molar refractivity (Wildman–Crippen MR) is 103 cm³/mol. The molecule has 1 heterocycles. The minimum absolute atomic E-state index is 0.243. The van der Waals surface area contributed by atoms with Crippen molar-refractivity contribution in [1.29, 1.82) is 0 Å². The highest BCUT2D eigenvalue weighted by atomic mass is 79.9. The number of carbonyl (C=O) groups is 2. The van der Waals surface area contributed by atoms with Crippen LogP contribution in [-0.4, -0.2) is 11.1 Å². The zero-order chi connectivity index (χ0) is 17.3. The lowest BCUT2D eigenvalue weighted by Crippen LogP contribution is -2.28. The quantitative estimate of drug-likeness (QED) is 0.624. The predicted octanol–water partition coefficient (Wildman–Crippen LogP) is 5.64. The zero-order valence-electron chi connectivity index (χ0n) is 13.4. The van der Waals surface area contributed by atoms with Gasteiger partial charge in [-0.2, -0.15) is 0 Å². The van der Waals surface area contributed by atoms with Crippen molar-refractivity contribution in [1.82, 2.24) is 0 Å². The number of para-hydroxylation sites is 1. The van der Waals surface area contributed by atoms with Gasteiger partial charge in [-0.25, -0.2) is 4.90 Å². The van der Waals surface area contributed by atoms with Crippen molar-refractivity contribution in [2.24, 2.45) is 0 Å². The third-order valence-electron chi connectivity index (χ3n) is 4.00. The smallest absolute Gasteiger partial charge is 0.268 e. The minimum Gasteiger partial charge on any atom is -0.268 e. The summed E-state index contributed by atoms with van der Waals surface area (Å²) < 4.78 is 0.976. The second-order valence-corrected chi connectivity index (χ2v) is 7.33. The zero-order valence-corrected chi connectivity index (χ0v) is 15.8. The van der Waals surface area contributed by atoms with Crippen LogP contribution >= 0.6 is 27.7 Å². The molecule has 0 spiro atoms. The number of benzene rings is 2. The van der Waals surface area contributed by atoms with E-state index >= 15 is 0 Å². The van der Waals surface area contributed by atoms with E-state index in [1.54, 1.807) is 0 Å². The molecule has 2 aromatic carbocycles. The highest BCUT2D eigenvalue weighted by Gasteiger charge is 2.38. The van der Waals surface area contributed by atoms with E-state index in [4.69, 9.17) is 0 Å². The number of anilines is 1. The van der Waals surface area contributed by atoms with Gasteiger partial charge in [-0.05, 0) is 60.0 Å². The Bertz CT molecular complexity index is 843. The normalized spacial score (nSPS) is 16.7. The van der Waals surface area contributed by atoms with Gasteiger partial charge in [0.15, 0.2) is 0 Å². The summed E-state index contributed by atoms with van der Waals surface area (Å²) in [7, 11) is 0. The van der Waals surface area contributed by atoms with E-state index in [1.807, 2.05) is 62.4 Å². The molecule has 122 valence electrons. The molecule has 5 heteroatoms. The first-order valence-electron chi connectivity index (χ1n) is 7.64. The molecule has 0 aliphatic carbocycles. The molecular weight excluding hydrogens is 386 g/mol. The van der Waals surface area contributed by atoms with Crippen molar-refractivity contribution in [3.63, 3.8) is 0 Å². The fourth-order valence-corrected chi connectivity index (χ4v) is 3.83. The first kappa shape index (κ1) is 17.0. The molecule has 0 atom stereocenters. The van der Waals surface area contributed by atoms with Gasteiger partial charge < -0.3 is 0 Å². The first-order valence-corrected chi connectivity index (χ1v) is 9.25. The Labute approximate surface area is 153 Å². The highest BCUT2D eigenvalue weighted by molar-refractivity contribution is 9.10. The van der Waals surface area contributed by atoms with E-state index in [1.165, 1.54) is 4.90 Å². The van der Waals surface area contributed by atoms with E-state index in [2.05, 4.69) is 15.9 Å². The summed E-state index contributed by atoms with van der Waals surface area (Å²) in [5.41, 5.74) is 3.43. The van der Waals surface area contributed by atoms with Crippen LogP contribution in [0.3, 0.4) is 0 Å². The number of allylic oxidation sites excluding steroid dienone is 1. The summed E-state index contributed by atoms with van der Waals surface area (Å²) >= 11 is 4.41. The van der Waals surface area contributed by atoms with Gasteiger partial charge in [-0.15, -0.1) is 0 Å². The summed E-state index contributed by atoms with van der Waals surface area (Å²) in [5.74, 6) is -0.244. The lowest BCUT2D eigenvalue weighted by Gasteiger charge is -2.16. The van der Waals surface area contributed by atoms with E-state index < -0.39 is 0 Å². The van der Waals surface area contributed by atoms with Crippen LogP contribution in [0.5, 0.6) is 0 Å². The van der Waals surface area contributed by atoms with Gasteiger partial charge in [0.2, 0.25) is 0 Å². The number of hydrogen-bond acceptors (Lipinski definition) is 3. The van der Waals surface area contributed by atoms with Crippen molar-refractivity contribution < 1.29 is 9.59 Å². The summed E-state index contributed by atoms with van der Waals surface area (Å²) in [6.07, 6.45) is 0.767. The lowest BCUT2D eigenvalue weighted by atomic mass is 10.1. The van der Waals surface area contributed by atoms with Gasteiger partial charge in [-0.3, -0.25) is 9.59 Å². The summed E-state index contributed by atoms with van der Waals surface area (Å²) in [6, 6.07) is 15.3. The number of carbonyl (C=O) groups excluding carboxylic acids is 2. The highest BCUT2D eigenvalue weighted by Crippen LogP contribution is 2.40. The summed E-state index contributed by atoms with van der Waals surface area (Å²) in [6.45, 7) is 3.90. The molecule has 2 amide bonds. The number of halogens is 1. The maximum absolute atomic E-state index is 12.9. The fourth-order valence-electron chi connectivity index (χ4n) is 2.66. The Morgan fingerprint density at radius 3 is 2.42 bits per heavy atom. The molecule has 24 heavy (non-hydrogen) atoms. The Hall–Kier alpha value is -1.85. The van der Waals surface area contributed by atoms with E-state index in [0.29, 0.717) is 10.6 Å². The van der Waals surface area contributed by atoms with Crippen molar-refractivity contribution >= 4 is 50.1 Å². The third-order valence-corrected chi connectivity index (χ3v) is 5.57. The standard InChI is InChI=1S/C19H16BrNO2S/c1-3-13-6-4-5-7-16(13)21-18(22)17(24-19(21)23)12(2)14-8-10-15(20)11-9-14/h4-11H,3H2,1-2H3/b17-12-. The molecule has 1 aliphatic rings. The van der Waals surface area contributed by atoms with Gasteiger partial charge in [0, 0.05) is 4.47 Å². The Balaban J connectivity index is 2.03. The molecule has 0 bridgehead atoms. The number of aryl methyl sites for hydroxylation is 1. The van der Waals surface area contributed by atoms with Crippen molar-refractivity contribution in [2.75, 3.05) is 4.90 Å². The average molecular weight is 402 g/mol. The Morgan fingerprint density at radius 1 is 1.08 bits per heavy atom. The van der Waals surface area contributed by atoms with Crippen molar-refractivity contribution in [3.8, 4) is 0 Å². The summed E-state index contributed by atoms with van der Waals surface area (Å²) in [4.78, 5) is 27.1. The van der Waals surface area contributed by atoms with Gasteiger partial charge in [0.1, 0.15) is 0 Å². The van der Waals surface area contributed by atoms with Gasteiger partial charge in [-0.1, -0.05) is 53.2 Å². The summed E-state index contributed by atoms with van der Waals surface area (Å²) in [5, 5.41) is -0.243. The van der Waals surface area contributed by atoms with Crippen LogP contribution in [0, 0.1) is 0 Å². The van der Waals surface area contributed by atoms with E-state index in [0.717, 1.165) is 39.4 Å². The van der Waals surface area contributed by atoms with Gasteiger partial charge >= 0.3 is 0 Å². The van der Waals surface area contributed by atoms with Crippen LogP contribution in [-0.2, 0) is 11.2 Å². The largest absolute Gasteiger partial charge is 0.298 e. The molecule has 0 N–H and O–H groups in total. The van der Waals surface area contributed by atoms with Crippen LogP contribution < -0.4 is 4.90 Å².